The van der Waals surface area contributed by atoms with Crippen molar-refractivity contribution in [3.8, 4) is 0 Å². The summed E-state index contributed by atoms with van der Waals surface area (Å²) in [5.74, 6) is 0. The van der Waals surface area contributed by atoms with Crippen molar-refractivity contribution < 1.29 is 28.7 Å². The summed E-state index contributed by atoms with van der Waals surface area (Å²) in [6, 6.07) is 3.41. The molecule has 0 bridgehead atoms. The lowest BCUT2D eigenvalue weighted by Crippen LogP contribution is -2.26. The zero-order chi connectivity index (χ0) is 13.8. The van der Waals surface area contributed by atoms with E-state index in [9.17, 15) is 9.13 Å². The van der Waals surface area contributed by atoms with Gasteiger partial charge in [-0.1, -0.05) is 6.07 Å². The molecule has 8 nitrogen and oxygen atoms in total. The van der Waals surface area contributed by atoms with Gasteiger partial charge in [0.15, 0.2) is 5.40 Å². The van der Waals surface area contributed by atoms with Gasteiger partial charge in [0, 0.05) is 25.5 Å². The van der Waals surface area contributed by atoms with Gasteiger partial charge in [0.05, 0.1) is 0 Å². The molecule has 1 aromatic rings. The highest BCUT2D eigenvalue weighted by molar-refractivity contribution is 7.70. The first-order chi connectivity index (χ1) is 8.21. The van der Waals surface area contributed by atoms with Gasteiger partial charge >= 0.3 is 15.2 Å². The van der Waals surface area contributed by atoms with Crippen LogP contribution in [0, 0.1) is 0 Å². The largest absolute Gasteiger partial charge is 0.342 e. The first-order valence-electron chi connectivity index (χ1n) is 4.91. The maximum absolute atomic E-state index is 11.0. The molecule has 10 heteroatoms. The van der Waals surface area contributed by atoms with Crippen molar-refractivity contribution in [2.75, 3.05) is 6.54 Å². The summed E-state index contributed by atoms with van der Waals surface area (Å²) in [7, 11) is -9.72. The molecule has 5 N–H and O–H groups in total. The van der Waals surface area contributed by atoms with E-state index in [0.29, 0.717) is 0 Å². The summed E-state index contributed by atoms with van der Waals surface area (Å²) < 4.78 is 21.9. The van der Waals surface area contributed by atoms with Crippen LogP contribution in [0.25, 0.3) is 0 Å². The average Bonchev–Trinajstić information content (AvgIpc) is 2.22. The summed E-state index contributed by atoms with van der Waals surface area (Å²) in [4.78, 5) is 39.3. The first kappa shape index (κ1) is 15.5. The van der Waals surface area contributed by atoms with E-state index in [1.165, 1.54) is 6.20 Å². The molecule has 0 spiro atoms. The van der Waals surface area contributed by atoms with Crippen molar-refractivity contribution in [3.05, 3.63) is 30.1 Å². The van der Waals surface area contributed by atoms with Crippen LogP contribution >= 0.6 is 15.2 Å². The third-order valence-electron chi connectivity index (χ3n) is 2.16. The number of rotatable bonds is 6. The van der Waals surface area contributed by atoms with Gasteiger partial charge < -0.3 is 24.9 Å². The average molecular weight is 296 g/mol. The van der Waals surface area contributed by atoms with Gasteiger partial charge in [0.1, 0.15) is 0 Å². The molecule has 0 atom stereocenters. The summed E-state index contributed by atoms with van der Waals surface area (Å²) in [5.41, 5.74) is 0.743. The highest BCUT2D eigenvalue weighted by Crippen LogP contribution is 2.59. The van der Waals surface area contributed by atoms with Gasteiger partial charge in [-0.2, -0.15) is 0 Å². The van der Waals surface area contributed by atoms with Crippen molar-refractivity contribution in [3.63, 3.8) is 0 Å². The van der Waals surface area contributed by atoms with Crippen LogP contribution in [0.5, 0.6) is 0 Å². The predicted octanol–water partition coefficient (Wildman–Crippen LogP) is -0.147. The van der Waals surface area contributed by atoms with Crippen LogP contribution in [-0.4, -0.2) is 36.5 Å². The molecule has 0 aliphatic heterocycles. The highest BCUT2D eigenvalue weighted by Gasteiger charge is 2.42. The molecule has 18 heavy (non-hydrogen) atoms. The van der Waals surface area contributed by atoms with Crippen molar-refractivity contribution in [1.82, 2.24) is 10.3 Å². The van der Waals surface area contributed by atoms with Crippen LogP contribution < -0.4 is 5.32 Å². The van der Waals surface area contributed by atoms with Gasteiger partial charge in [-0.25, -0.2) is 0 Å². The van der Waals surface area contributed by atoms with E-state index in [1.54, 1.807) is 18.3 Å². The molecule has 0 aliphatic carbocycles. The molecule has 0 saturated carbocycles. The van der Waals surface area contributed by atoms with E-state index in [4.69, 9.17) is 19.6 Å². The Morgan fingerprint density at radius 3 is 2.28 bits per heavy atom. The molecule has 0 saturated heterocycles. The SMILES string of the molecule is O=P(O)(O)C(CNCc1cccnc1)P(=O)(O)O. The molecule has 0 aliphatic rings. The topological polar surface area (TPSA) is 140 Å². The van der Waals surface area contributed by atoms with Gasteiger partial charge in [-0.05, 0) is 11.6 Å². The number of hydrogen-bond donors (Lipinski definition) is 5. The maximum atomic E-state index is 11.0. The molecule has 0 aromatic carbocycles. The fraction of sp³-hybridized carbons (Fsp3) is 0.375. The monoisotopic (exact) mass is 296 g/mol. The second-order valence-electron chi connectivity index (χ2n) is 3.65. The fourth-order valence-corrected chi connectivity index (χ4v) is 3.58. The van der Waals surface area contributed by atoms with Crippen LogP contribution in [0.1, 0.15) is 5.56 Å². The Morgan fingerprint density at radius 2 is 1.83 bits per heavy atom. The second-order valence-corrected chi connectivity index (χ2v) is 7.66. The van der Waals surface area contributed by atoms with E-state index in [-0.39, 0.29) is 6.54 Å². The summed E-state index contributed by atoms with van der Waals surface area (Å²) in [6.07, 6.45) is 3.11. The Balaban J connectivity index is 2.60. The molecule has 0 unspecified atom stereocenters. The van der Waals surface area contributed by atoms with Gasteiger partial charge in [-0.3, -0.25) is 14.1 Å². The third kappa shape index (κ3) is 4.96. The van der Waals surface area contributed by atoms with Crippen LogP contribution in [0.2, 0.25) is 0 Å². The normalized spacial score (nSPS) is 12.9. The number of pyridine rings is 1. The number of nitrogens with zero attached hydrogens (tertiary/aromatic N) is 1. The van der Waals surface area contributed by atoms with Crippen molar-refractivity contribution in [1.29, 1.82) is 0 Å². The minimum atomic E-state index is -4.86. The van der Waals surface area contributed by atoms with Crippen LogP contribution in [0.3, 0.4) is 0 Å². The quantitative estimate of drug-likeness (QED) is 0.457. The molecular formula is C8H14N2O6P2. The Bertz CT molecular complexity index is 448. The maximum Gasteiger partial charge on any atom is 0.342 e. The molecule has 102 valence electrons. The Kier molecular flexibility index (Phi) is 5.19. The number of nitrogens with one attached hydrogen (secondary N) is 1. The third-order valence-corrected chi connectivity index (χ3v) is 5.88. The number of hydrogen-bond acceptors (Lipinski definition) is 4. The van der Waals surface area contributed by atoms with E-state index in [1.807, 2.05) is 0 Å². The van der Waals surface area contributed by atoms with E-state index < -0.39 is 27.1 Å². The Labute approximate surface area is 103 Å². The molecule has 1 aromatic heterocycles. The lowest BCUT2D eigenvalue weighted by Gasteiger charge is -2.19. The zero-order valence-electron chi connectivity index (χ0n) is 9.25. The van der Waals surface area contributed by atoms with Crippen molar-refractivity contribution in [2.45, 2.75) is 11.9 Å². The lowest BCUT2D eigenvalue weighted by molar-refractivity contribution is 0.336. The van der Waals surface area contributed by atoms with Gasteiger partial charge in [-0.15, -0.1) is 0 Å². The van der Waals surface area contributed by atoms with Crippen molar-refractivity contribution >= 4 is 15.2 Å². The van der Waals surface area contributed by atoms with Gasteiger partial charge in [0.2, 0.25) is 0 Å². The first-order valence-corrected chi connectivity index (χ1v) is 8.27. The lowest BCUT2D eigenvalue weighted by atomic mass is 10.3. The standard InChI is InChI=1S/C8H14N2O6P2/c11-17(12,13)8(18(14,15)16)6-10-5-7-2-1-3-9-4-7/h1-4,8,10H,5-6H2,(H2,11,12,13)(H2,14,15,16). The zero-order valence-corrected chi connectivity index (χ0v) is 11.0. The minimum absolute atomic E-state index is 0.213. The van der Waals surface area contributed by atoms with E-state index in [2.05, 4.69) is 10.3 Å². The molecule has 1 heterocycles. The smallest absolute Gasteiger partial charge is 0.324 e. The predicted molar refractivity (Wildman–Crippen MR) is 63.8 cm³/mol. The second kappa shape index (κ2) is 6.04. The van der Waals surface area contributed by atoms with E-state index in [0.717, 1.165) is 5.56 Å². The Hall–Kier alpha value is -0.590. The molecule has 0 fully saturated rings. The molecular weight excluding hydrogens is 282 g/mol. The summed E-state index contributed by atoms with van der Waals surface area (Å²) >= 11 is 0. The minimum Gasteiger partial charge on any atom is -0.324 e. The van der Waals surface area contributed by atoms with Crippen LogP contribution in [-0.2, 0) is 15.7 Å². The van der Waals surface area contributed by atoms with Crippen LogP contribution in [0.15, 0.2) is 24.5 Å². The van der Waals surface area contributed by atoms with Crippen molar-refractivity contribution in [2.24, 2.45) is 0 Å². The summed E-state index contributed by atoms with van der Waals surface area (Å²) in [5, 5.41) is 0.564. The molecule has 0 radical (unpaired) electrons. The highest BCUT2D eigenvalue weighted by atomic mass is 31.2. The summed E-state index contributed by atoms with van der Waals surface area (Å²) in [6.45, 7) is -0.270. The van der Waals surface area contributed by atoms with E-state index >= 15 is 0 Å². The Morgan fingerprint density at radius 1 is 1.22 bits per heavy atom. The number of aromatic nitrogens is 1. The van der Waals surface area contributed by atoms with Crippen LogP contribution in [0.4, 0.5) is 0 Å². The molecule has 0 amide bonds. The van der Waals surface area contributed by atoms with Gasteiger partial charge in [0.25, 0.3) is 0 Å². The fourth-order valence-electron chi connectivity index (χ4n) is 1.28. The molecule has 1 rings (SSSR count).